The van der Waals surface area contributed by atoms with Crippen LogP contribution < -0.4 is 0 Å². The van der Waals surface area contributed by atoms with Crippen molar-refractivity contribution in [2.45, 2.75) is 26.1 Å². The zero-order chi connectivity index (χ0) is 18.6. The predicted octanol–water partition coefficient (Wildman–Crippen LogP) is 1.63. The van der Waals surface area contributed by atoms with Crippen LogP contribution >= 0.6 is 0 Å². The van der Waals surface area contributed by atoms with E-state index in [2.05, 4.69) is 16.1 Å². The van der Waals surface area contributed by atoms with Crippen LogP contribution in [0.15, 0.2) is 30.3 Å². The highest BCUT2D eigenvalue weighted by molar-refractivity contribution is 5.92. The van der Waals surface area contributed by atoms with Gasteiger partial charge in [-0.25, -0.2) is 0 Å². The number of fused-ring (bicyclic) bond motifs is 1. The average molecular weight is 365 g/mol. The molecule has 0 aliphatic carbocycles. The molecule has 0 atom stereocenters. The lowest BCUT2D eigenvalue weighted by Gasteiger charge is -2.26. The first-order valence-electron chi connectivity index (χ1n) is 9.39. The number of carbonyl (C=O) groups excluding carboxylic acids is 1. The fourth-order valence-corrected chi connectivity index (χ4v) is 3.70. The molecule has 2 aliphatic rings. The fraction of sp³-hybridized carbons (Fsp3) is 0.450. The molecule has 0 N–H and O–H groups in total. The summed E-state index contributed by atoms with van der Waals surface area (Å²) < 4.78 is 7.29. The van der Waals surface area contributed by atoms with Crippen LogP contribution in [-0.2, 0) is 24.4 Å². The molecule has 27 heavy (non-hydrogen) atoms. The second-order valence-electron chi connectivity index (χ2n) is 6.98. The Morgan fingerprint density at radius 2 is 2.00 bits per heavy atom. The Bertz CT molecular complexity index is 863. The predicted molar refractivity (Wildman–Crippen MR) is 98.8 cm³/mol. The van der Waals surface area contributed by atoms with Gasteiger partial charge in [-0.1, -0.05) is 18.2 Å². The number of benzene rings is 1. The van der Waals surface area contributed by atoms with Gasteiger partial charge < -0.3 is 9.64 Å². The molecule has 1 aromatic heterocycles. The molecule has 4 rings (SSSR count). The maximum Gasteiger partial charge on any atom is 0.274 e. The number of aryl methyl sites for hydroxylation is 1. The van der Waals surface area contributed by atoms with Crippen LogP contribution in [0.2, 0.25) is 0 Å². The van der Waals surface area contributed by atoms with Gasteiger partial charge in [0.05, 0.1) is 30.5 Å². The molecule has 2 aliphatic heterocycles. The lowest BCUT2D eigenvalue weighted by Crippen LogP contribution is -2.40. The van der Waals surface area contributed by atoms with Gasteiger partial charge in [0, 0.05) is 39.3 Å². The summed E-state index contributed by atoms with van der Waals surface area (Å²) in [5, 5.41) is 13.9. The molecule has 1 saturated heterocycles. The molecule has 140 valence electrons. The number of aromatic nitrogens is 2. The van der Waals surface area contributed by atoms with Gasteiger partial charge in [0.2, 0.25) is 0 Å². The number of nitriles is 1. The topological polar surface area (TPSA) is 74.4 Å². The number of nitrogens with zero attached hydrogens (tertiary/aromatic N) is 5. The lowest BCUT2D eigenvalue weighted by molar-refractivity contribution is 0.0298. The Morgan fingerprint density at radius 3 is 2.81 bits per heavy atom. The third kappa shape index (κ3) is 3.87. The van der Waals surface area contributed by atoms with Gasteiger partial charge in [0.25, 0.3) is 5.91 Å². The third-order valence-electron chi connectivity index (χ3n) is 5.14. The van der Waals surface area contributed by atoms with Crippen LogP contribution in [0, 0.1) is 11.3 Å². The summed E-state index contributed by atoms with van der Waals surface area (Å²) >= 11 is 0. The number of morpholine rings is 1. The molecule has 0 spiro atoms. The molecule has 0 saturated carbocycles. The van der Waals surface area contributed by atoms with E-state index in [0.29, 0.717) is 32.0 Å². The quantitative estimate of drug-likeness (QED) is 0.827. The van der Waals surface area contributed by atoms with E-state index in [1.807, 2.05) is 39.9 Å². The highest BCUT2D eigenvalue weighted by Gasteiger charge is 2.24. The number of amides is 1. The van der Waals surface area contributed by atoms with Gasteiger partial charge in [-0.3, -0.25) is 14.4 Å². The van der Waals surface area contributed by atoms with Crippen molar-refractivity contribution in [3.63, 3.8) is 0 Å². The van der Waals surface area contributed by atoms with E-state index in [1.165, 1.54) is 0 Å². The molecule has 0 radical (unpaired) electrons. The standard InChI is InChI=1S/C20H23N5O2/c21-13-16-4-1-2-5-17(16)14-23-6-3-7-25-18(15-23)12-19(22-25)20(26)24-8-10-27-11-9-24/h1-2,4-5,12H,3,6-11,14-15H2. The van der Waals surface area contributed by atoms with Gasteiger partial charge in [-0.05, 0) is 24.1 Å². The molecule has 2 aromatic rings. The van der Waals surface area contributed by atoms with E-state index in [4.69, 9.17) is 4.74 Å². The number of rotatable bonds is 3. The normalized spacial score (nSPS) is 17.8. The summed E-state index contributed by atoms with van der Waals surface area (Å²) in [5.74, 6) is -0.0137. The van der Waals surface area contributed by atoms with Gasteiger partial charge in [-0.2, -0.15) is 10.4 Å². The van der Waals surface area contributed by atoms with E-state index in [1.54, 1.807) is 0 Å². The molecule has 7 nitrogen and oxygen atoms in total. The summed E-state index contributed by atoms with van der Waals surface area (Å²) in [7, 11) is 0. The van der Waals surface area contributed by atoms with Crippen LogP contribution in [0.5, 0.6) is 0 Å². The van der Waals surface area contributed by atoms with Crippen LogP contribution in [0.3, 0.4) is 0 Å². The summed E-state index contributed by atoms with van der Waals surface area (Å²) in [6, 6.07) is 11.9. The van der Waals surface area contributed by atoms with E-state index in [9.17, 15) is 10.1 Å². The fourth-order valence-electron chi connectivity index (χ4n) is 3.70. The summed E-state index contributed by atoms with van der Waals surface area (Å²) in [6.07, 6.45) is 0.967. The van der Waals surface area contributed by atoms with E-state index < -0.39 is 0 Å². The van der Waals surface area contributed by atoms with Gasteiger partial charge in [0.1, 0.15) is 0 Å². The van der Waals surface area contributed by atoms with E-state index in [-0.39, 0.29) is 5.91 Å². The van der Waals surface area contributed by atoms with Crippen molar-refractivity contribution < 1.29 is 9.53 Å². The summed E-state index contributed by atoms with van der Waals surface area (Å²) in [5.41, 5.74) is 3.33. The number of ether oxygens (including phenoxy) is 1. The third-order valence-corrected chi connectivity index (χ3v) is 5.14. The van der Waals surface area contributed by atoms with Crippen molar-refractivity contribution in [2.24, 2.45) is 0 Å². The second kappa shape index (κ2) is 7.91. The van der Waals surface area contributed by atoms with Crippen molar-refractivity contribution in [3.8, 4) is 6.07 Å². The van der Waals surface area contributed by atoms with Crippen molar-refractivity contribution in [3.05, 3.63) is 52.8 Å². The molecule has 0 bridgehead atoms. The van der Waals surface area contributed by atoms with Crippen LogP contribution in [0.25, 0.3) is 0 Å². The van der Waals surface area contributed by atoms with E-state index in [0.717, 1.165) is 49.4 Å². The monoisotopic (exact) mass is 365 g/mol. The Labute approximate surface area is 158 Å². The maximum absolute atomic E-state index is 12.7. The second-order valence-corrected chi connectivity index (χ2v) is 6.98. The minimum Gasteiger partial charge on any atom is -0.378 e. The zero-order valence-corrected chi connectivity index (χ0v) is 15.3. The van der Waals surface area contributed by atoms with Gasteiger partial charge in [-0.15, -0.1) is 0 Å². The summed E-state index contributed by atoms with van der Waals surface area (Å²) in [4.78, 5) is 16.8. The molecular weight excluding hydrogens is 342 g/mol. The van der Waals surface area contributed by atoms with Crippen molar-refractivity contribution in [1.82, 2.24) is 19.6 Å². The number of hydrogen-bond acceptors (Lipinski definition) is 5. The largest absolute Gasteiger partial charge is 0.378 e. The molecular formula is C20H23N5O2. The number of carbonyl (C=O) groups is 1. The molecule has 1 aromatic carbocycles. The SMILES string of the molecule is N#Cc1ccccc1CN1CCCn2nc(C(=O)N3CCOCC3)cc2C1. The smallest absolute Gasteiger partial charge is 0.274 e. The number of hydrogen-bond donors (Lipinski definition) is 0. The Morgan fingerprint density at radius 1 is 1.19 bits per heavy atom. The van der Waals surface area contributed by atoms with Crippen LogP contribution in [-0.4, -0.2) is 58.3 Å². The first-order valence-corrected chi connectivity index (χ1v) is 9.39. The van der Waals surface area contributed by atoms with Crippen molar-refractivity contribution >= 4 is 5.91 Å². The zero-order valence-electron chi connectivity index (χ0n) is 15.3. The molecule has 0 unspecified atom stereocenters. The Kier molecular flexibility index (Phi) is 5.19. The van der Waals surface area contributed by atoms with Gasteiger partial charge >= 0.3 is 0 Å². The minimum absolute atomic E-state index is 0.0137. The Hall–Kier alpha value is -2.69. The van der Waals surface area contributed by atoms with E-state index >= 15 is 0 Å². The highest BCUT2D eigenvalue weighted by atomic mass is 16.5. The van der Waals surface area contributed by atoms with Crippen molar-refractivity contribution in [2.75, 3.05) is 32.8 Å². The Balaban J connectivity index is 1.50. The van der Waals surface area contributed by atoms with Crippen LogP contribution in [0.4, 0.5) is 0 Å². The minimum atomic E-state index is -0.0137. The summed E-state index contributed by atoms with van der Waals surface area (Å²) in [6.45, 7) is 5.62. The maximum atomic E-state index is 12.7. The first-order chi connectivity index (χ1) is 13.2. The van der Waals surface area contributed by atoms with Crippen LogP contribution in [0.1, 0.15) is 33.7 Å². The van der Waals surface area contributed by atoms with Crippen molar-refractivity contribution in [1.29, 1.82) is 5.26 Å². The molecule has 3 heterocycles. The highest BCUT2D eigenvalue weighted by Crippen LogP contribution is 2.19. The van der Waals surface area contributed by atoms with Gasteiger partial charge in [0.15, 0.2) is 5.69 Å². The molecule has 7 heteroatoms. The lowest BCUT2D eigenvalue weighted by atomic mass is 10.1. The first kappa shape index (κ1) is 17.7. The molecule has 1 amide bonds. The average Bonchev–Trinajstić information content (AvgIpc) is 3.01. The molecule has 1 fully saturated rings.